The van der Waals surface area contributed by atoms with Gasteiger partial charge in [-0.3, -0.25) is 4.68 Å². The molecule has 1 aromatic carbocycles. The number of aliphatic hydroxyl groups is 1. The van der Waals surface area contributed by atoms with E-state index in [9.17, 15) is 5.11 Å². The van der Waals surface area contributed by atoms with Gasteiger partial charge in [-0.15, -0.1) is 0 Å². The lowest BCUT2D eigenvalue weighted by Crippen LogP contribution is -2.29. The number of fused-ring (bicyclic) bond motifs is 1. The Balaban J connectivity index is 2.00. The zero-order valence-electron chi connectivity index (χ0n) is 10.4. The standard InChI is InChI=1S/C14H17ClN2O/c1-9-6-7-10(8-13(9)18)17-12-5-3-2-4-11(12)14(15)16-17/h2-5,9-10,13,18H,6-8H2,1H3/t9-,10+,13?/m0/s1. The summed E-state index contributed by atoms with van der Waals surface area (Å²) in [6, 6.07) is 8.26. The maximum Gasteiger partial charge on any atom is 0.158 e. The summed E-state index contributed by atoms with van der Waals surface area (Å²) in [5.74, 6) is 0.388. The van der Waals surface area contributed by atoms with Crippen molar-refractivity contribution in [1.82, 2.24) is 9.78 Å². The number of rotatable bonds is 1. The maximum atomic E-state index is 10.0. The number of aliphatic hydroxyl groups excluding tert-OH is 1. The number of aromatic nitrogens is 2. The van der Waals surface area contributed by atoms with E-state index >= 15 is 0 Å². The van der Waals surface area contributed by atoms with Crippen molar-refractivity contribution >= 4 is 22.5 Å². The van der Waals surface area contributed by atoms with E-state index in [1.165, 1.54) is 0 Å². The molecule has 18 heavy (non-hydrogen) atoms. The number of benzene rings is 1. The number of nitrogens with zero attached hydrogens (tertiary/aromatic N) is 2. The third-order valence-electron chi connectivity index (χ3n) is 4.04. The molecule has 0 radical (unpaired) electrons. The predicted octanol–water partition coefficient (Wildman–Crippen LogP) is 3.41. The lowest BCUT2D eigenvalue weighted by Gasteiger charge is -2.31. The molecule has 0 bridgehead atoms. The maximum absolute atomic E-state index is 10.0. The van der Waals surface area contributed by atoms with Gasteiger partial charge in [-0.25, -0.2) is 0 Å². The van der Waals surface area contributed by atoms with Gasteiger partial charge in [0.2, 0.25) is 0 Å². The molecule has 4 heteroatoms. The van der Waals surface area contributed by atoms with Crippen molar-refractivity contribution in [1.29, 1.82) is 0 Å². The summed E-state index contributed by atoms with van der Waals surface area (Å²) in [4.78, 5) is 0. The predicted molar refractivity (Wildman–Crippen MR) is 72.8 cm³/mol. The lowest BCUT2D eigenvalue weighted by atomic mass is 9.85. The molecule has 1 fully saturated rings. The third-order valence-corrected chi connectivity index (χ3v) is 4.32. The van der Waals surface area contributed by atoms with Gasteiger partial charge in [0, 0.05) is 5.39 Å². The Kier molecular flexibility index (Phi) is 3.04. The fourth-order valence-electron chi connectivity index (χ4n) is 2.83. The minimum atomic E-state index is -0.231. The number of hydrogen-bond acceptors (Lipinski definition) is 2. The highest BCUT2D eigenvalue weighted by Gasteiger charge is 2.28. The molecule has 3 nitrogen and oxygen atoms in total. The first-order chi connectivity index (χ1) is 8.66. The van der Waals surface area contributed by atoms with Crippen molar-refractivity contribution in [3.05, 3.63) is 29.4 Å². The Morgan fingerprint density at radius 3 is 2.89 bits per heavy atom. The monoisotopic (exact) mass is 264 g/mol. The van der Waals surface area contributed by atoms with Crippen LogP contribution < -0.4 is 0 Å². The largest absolute Gasteiger partial charge is 0.393 e. The Hall–Kier alpha value is -1.06. The van der Waals surface area contributed by atoms with Crippen molar-refractivity contribution < 1.29 is 5.11 Å². The Bertz CT molecular complexity index is 566. The quantitative estimate of drug-likeness (QED) is 0.857. The molecule has 1 aliphatic carbocycles. The number of halogens is 1. The molecule has 2 aromatic rings. The minimum Gasteiger partial charge on any atom is -0.393 e. The molecule has 1 N–H and O–H groups in total. The summed E-state index contributed by atoms with van der Waals surface area (Å²) < 4.78 is 1.99. The zero-order chi connectivity index (χ0) is 12.7. The van der Waals surface area contributed by atoms with Gasteiger partial charge in [-0.2, -0.15) is 5.10 Å². The second-order valence-corrected chi connectivity index (χ2v) is 5.62. The van der Waals surface area contributed by atoms with Gasteiger partial charge in [-0.05, 0) is 37.3 Å². The summed E-state index contributed by atoms with van der Waals surface area (Å²) in [7, 11) is 0. The van der Waals surface area contributed by atoms with Crippen LogP contribution in [-0.4, -0.2) is 21.0 Å². The van der Waals surface area contributed by atoms with Crippen molar-refractivity contribution in [3.8, 4) is 0 Å². The van der Waals surface area contributed by atoms with Crippen molar-refractivity contribution in [2.45, 2.75) is 38.3 Å². The summed E-state index contributed by atoms with van der Waals surface area (Å²) in [6.45, 7) is 2.11. The molecule has 1 saturated carbocycles. The van der Waals surface area contributed by atoms with Crippen molar-refractivity contribution in [3.63, 3.8) is 0 Å². The summed E-state index contributed by atoms with van der Waals surface area (Å²) >= 11 is 6.17. The van der Waals surface area contributed by atoms with Gasteiger partial charge in [0.25, 0.3) is 0 Å². The topological polar surface area (TPSA) is 38.0 Å². The fraction of sp³-hybridized carbons (Fsp3) is 0.500. The van der Waals surface area contributed by atoms with E-state index in [-0.39, 0.29) is 12.1 Å². The molecule has 1 unspecified atom stereocenters. The van der Waals surface area contributed by atoms with Crippen LogP contribution >= 0.6 is 11.6 Å². The van der Waals surface area contributed by atoms with Crippen LogP contribution in [0.2, 0.25) is 5.15 Å². The normalized spacial score (nSPS) is 28.7. The average molecular weight is 265 g/mol. The van der Waals surface area contributed by atoms with Gasteiger partial charge in [0.05, 0.1) is 17.7 Å². The Morgan fingerprint density at radius 2 is 2.11 bits per heavy atom. The molecule has 0 spiro atoms. The molecule has 3 atom stereocenters. The first kappa shape index (κ1) is 12.0. The van der Waals surface area contributed by atoms with E-state index in [4.69, 9.17) is 11.6 Å². The Morgan fingerprint density at radius 1 is 1.33 bits per heavy atom. The second-order valence-electron chi connectivity index (χ2n) is 5.26. The smallest absolute Gasteiger partial charge is 0.158 e. The lowest BCUT2D eigenvalue weighted by molar-refractivity contribution is 0.0544. The summed E-state index contributed by atoms with van der Waals surface area (Å²) in [5.41, 5.74) is 1.06. The van der Waals surface area contributed by atoms with E-state index in [2.05, 4.69) is 12.0 Å². The Labute approximate surface area is 111 Å². The summed E-state index contributed by atoms with van der Waals surface area (Å²) in [6.07, 6.45) is 2.63. The first-order valence-corrected chi connectivity index (χ1v) is 6.85. The van der Waals surface area contributed by atoms with Crippen LogP contribution in [0.1, 0.15) is 32.2 Å². The third kappa shape index (κ3) is 1.91. The average Bonchev–Trinajstić information content (AvgIpc) is 2.71. The highest BCUT2D eigenvalue weighted by molar-refractivity contribution is 6.34. The minimum absolute atomic E-state index is 0.231. The van der Waals surface area contributed by atoms with Crippen LogP contribution in [0.25, 0.3) is 10.9 Å². The molecular weight excluding hydrogens is 248 g/mol. The van der Waals surface area contributed by atoms with E-state index < -0.39 is 0 Å². The molecule has 1 aliphatic rings. The van der Waals surface area contributed by atoms with Gasteiger partial charge >= 0.3 is 0 Å². The van der Waals surface area contributed by atoms with Crippen molar-refractivity contribution in [2.75, 3.05) is 0 Å². The van der Waals surface area contributed by atoms with Crippen LogP contribution in [0, 0.1) is 5.92 Å². The summed E-state index contributed by atoms with van der Waals surface area (Å²) in [5, 5.41) is 16.0. The van der Waals surface area contributed by atoms with E-state index in [1.807, 2.05) is 28.9 Å². The highest BCUT2D eigenvalue weighted by atomic mass is 35.5. The second kappa shape index (κ2) is 4.56. The van der Waals surface area contributed by atoms with Gasteiger partial charge < -0.3 is 5.11 Å². The van der Waals surface area contributed by atoms with Crippen LogP contribution in [-0.2, 0) is 0 Å². The molecule has 96 valence electrons. The van der Waals surface area contributed by atoms with Crippen LogP contribution in [0.4, 0.5) is 0 Å². The molecule has 3 rings (SSSR count). The molecule has 0 aliphatic heterocycles. The van der Waals surface area contributed by atoms with Gasteiger partial charge in [0.15, 0.2) is 5.15 Å². The number of para-hydroxylation sites is 1. The zero-order valence-corrected chi connectivity index (χ0v) is 11.1. The van der Waals surface area contributed by atoms with Gasteiger partial charge in [0.1, 0.15) is 0 Å². The molecule has 0 saturated heterocycles. The highest BCUT2D eigenvalue weighted by Crippen LogP contribution is 2.35. The molecule has 0 amide bonds. The molecule has 1 aromatic heterocycles. The van der Waals surface area contributed by atoms with Crippen LogP contribution in [0.15, 0.2) is 24.3 Å². The van der Waals surface area contributed by atoms with Crippen LogP contribution in [0.3, 0.4) is 0 Å². The van der Waals surface area contributed by atoms with E-state index in [0.29, 0.717) is 11.1 Å². The molecular formula is C14H17ClN2O. The van der Waals surface area contributed by atoms with E-state index in [0.717, 1.165) is 30.2 Å². The number of hydrogen-bond donors (Lipinski definition) is 1. The van der Waals surface area contributed by atoms with Crippen molar-refractivity contribution in [2.24, 2.45) is 5.92 Å². The SMILES string of the molecule is C[C@H]1CC[C@@H](n2nc(Cl)c3ccccc32)CC1O. The van der Waals surface area contributed by atoms with E-state index in [1.54, 1.807) is 0 Å². The van der Waals surface area contributed by atoms with Crippen LogP contribution in [0.5, 0.6) is 0 Å². The van der Waals surface area contributed by atoms with Gasteiger partial charge in [-0.1, -0.05) is 30.7 Å². The molecule has 1 heterocycles. The first-order valence-electron chi connectivity index (χ1n) is 6.47. The fourth-order valence-corrected chi connectivity index (χ4v) is 3.07.